The predicted octanol–water partition coefficient (Wildman–Crippen LogP) is 2.23. The number of nitrogens with two attached hydrogens (primary N) is 1. The quantitative estimate of drug-likeness (QED) is 0.531. The molecular formula is C15H16Cl3NO5S. The number of hydrogen-bond donors (Lipinski definition) is 4. The minimum atomic E-state index is -1.75. The van der Waals surface area contributed by atoms with Crippen molar-refractivity contribution in [1.82, 2.24) is 0 Å². The van der Waals surface area contributed by atoms with E-state index < -0.39 is 47.3 Å². The number of aliphatic carboxylic acids is 2. The molecule has 1 aromatic carbocycles. The lowest BCUT2D eigenvalue weighted by atomic mass is 9.81. The summed E-state index contributed by atoms with van der Waals surface area (Å²) in [5.41, 5.74) is 4.33. The van der Waals surface area contributed by atoms with Gasteiger partial charge in [0, 0.05) is 28.4 Å². The average Bonchev–Trinajstić information content (AvgIpc) is 3.21. The Labute approximate surface area is 164 Å². The first-order valence-electron chi connectivity index (χ1n) is 7.20. The van der Waals surface area contributed by atoms with Gasteiger partial charge in [-0.15, -0.1) is 24.2 Å². The van der Waals surface area contributed by atoms with Crippen LogP contribution in [0.25, 0.3) is 0 Å². The lowest BCUT2D eigenvalue weighted by molar-refractivity contribution is -0.148. The zero-order valence-corrected chi connectivity index (χ0v) is 15.8. The SMILES string of the molecule is Cl.N[C@]1(C(=O)O)[C@@H]2[C@@H](C(=O)O)[C@@H]2[C@H](O)[C@H]1CSc1ccc(Cl)c(Cl)c1. The van der Waals surface area contributed by atoms with Gasteiger partial charge in [-0.05, 0) is 18.2 Å². The molecule has 10 heteroatoms. The molecule has 138 valence electrons. The van der Waals surface area contributed by atoms with E-state index in [1.807, 2.05) is 0 Å². The standard InChI is InChI=1S/C15H15Cl2NO5S.ClH/c16-7-2-1-5(3-8(7)17)24-4-6-12(19)9-10(13(20)21)11(9)15(6,18)14(22)23;/h1-3,6,9-12,19H,4,18H2,(H,20,21)(H,22,23);1H/t6-,9+,10+,11+,12-,15+;/m1./s1. The fourth-order valence-corrected chi connectivity index (χ4v) is 5.35. The van der Waals surface area contributed by atoms with Crippen LogP contribution in [-0.4, -0.2) is 44.7 Å². The molecule has 2 aliphatic rings. The van der Waals surface area contributed by atoms with Crippen LogP contribution in [0, 0.1) is 23.7 Å². The molecule has 1 aromatic rings. The number of rotatable bonds is 5. The molecule has 0 amide bonds. The topological polar surface area (TPSA) is 121 Å². The van der Waals surface area contributed by atoms with Crippen LogP contribution < -0.4 is 5.73 Å². The fourth-order valence-electron chi connectivity index (χ4n) is 3.78. The maximum Gasteiger partial charge on any atom is 0.324 e. The Morgan fingerprint density at radius 2 is 1.88 bits per heavy atom. The molecule has 0 bridgehead atoms. The van der Waals surface area contributed by atoms with Crippen molar-refractivity contribution in [2.45, 2.75) is 16.5 Å². The third-order valence-corrected chi connectivity index (χ3v) is 6.88. The summed E-state index contributed by atoms with van der Waals surface area (Å²) in [5.74, 6) is -5.16. The highest BCUT2D eigenvalue weighted by Gasteiger charge is 2.77. The van der Waals surface area contributed by atoms with Gasteiger partial charge in [0.05, 0.1) is 22.1 Å². The molecule has 0 aromatic heterocycles. The van der Waals surface area contributed by atoms with Crippen molar-refractivity contribution >= 4 is 59.3 Å². The summed E-state index contributed by atoms with van der Waals surface area (Å²) in [7, 11) is 0. The molecule has 0 spiro atoms. The minimum Gasteiger partial charge on any atom is -0.481 e. The van der Waals surface area contributed by atoms with Crippen LogP contribution in [0.5, 0.6) is 0 Å². The van der Waals surface area contributed by atoms with E-state index in [0.29, 0.717) is 10.0 Å². The number of carbonyl (C=O) groups is 2. The second-order valence-corrected chi connectivity index (χ2v) is 8.10. The van der Waals surface area contributed by atoms with Gasteiger partial charge in [-0.25, -0.2) is 0 Å². The predicted molar refractivity (Wildman–Crippen MR) is 96.6 cm³/mol. The Balaban J connectivity index is 0.00000225. The Bertz CT molecular complexity index is 720. The highest BCUT2D eigenvalue weighted by Crippen LogP contribution is 2.64. The van der Waals surface area contributed by atoms with Crippen molar-refractivity contribution in [3.05, 3.63) is 28.2 Å². The van der Waals surface area contributed by atoms with E-state index in [1.54, 1.807) is 18.2 Å². The first-order chi connectivity index (χ1) is 11.2. The number of halogens is 3. The summed E-state index contributed by atoms with van der Waals surface area (Å²) in [5, 5.41) is 29.9. The van der Waals surface area contributed by atoms with Gasteiger partial charge in [0.2, 0.25) is 0 Å². The molecule has 0 unspecified atom stereocenters. The molecule has 5 N–H and O–H groups in total. The monoisotopic (exact) mass is 427 g/mol. The van der Waals surface area contributed by atoms with Crippen molar-refractivity contribution in [3.63, 3.8) is 0 Å². The molecule has 2 fully saturated rings. The van der Waals surface area contributed by atoms with Gasteiger partial charge >= 0.3 is 11.9 Å². The molecule has 0 saturated heterocycles. The van der Waals surface area contributed by atoms with Gasteiger partial charge in [-0.3, -0.25) is 9.59 Å². The fraction of sp³-hybridized carbons (Fsp3) is 0.467. The smallest absolute Gasteiger partial charge is 0.324 e. The molecule has 2 aliphatic carbocycles. The second kappa shape index (κ2) is 7.13. The lowest BCUT2D eigenvalue weighted by Crippen LogP contribution is -2.58. The number of carboxylic acid groups (broad SMARTS) is 2. The number of hydrogen-bond acceptors (Lipinski definition) is 5. The van der Waals surface area contributed by atoms with E-state index in [-0.39, 0.29) is 18.2 Å². The van der Waals surface area contributed by atoms with Crippen molar-refractivity contribution in [2.75, 3.05) is 5.75 Å². The maximum atomic E-state index is 11.7. The molecule has 25 heavy (non-hydrogen) atoms. The van der Waals surface area contributed by atoms with Crippen LogP contribution in [0.1, 0.15) is 0 Å². The molecule has 3 rings (SSSR count). The first-order valence-corrected chi connectivity index (χ1v) is 8.94. The van der Waals surface area contributed by atoms with Gasteiger partial charge in [-0.2, -0.15) is 0 Å². The summed E-state index contributed by atoms with van der Waals surface area (Å²) in [6.07, 6.45) is -1.06. The third kappa shape index (κ3) is 3.22. The number of carboxylic acids is 2. The van der Waals surface area contributed by atoms with Crippen molar-refractivity contribution in [2.24, 2.45) is 29.4 Å². The van der Waals surface area contributed by atoms with E-state index in [4.69, 9.17) is 34.0 Å². The molecule has 0 radical (unpaired) electrons. The summed E-state index contributed by atoms with van der Waals surface area (Å²) in [6.45, 7) is 0. The summed E-state index contributed by atoms with van der Waals surface area (Å²) >= 11 is 13.1. The highest BCUT2D eigenvalue weighted by molar-refractivity contribution is 7.99. The molecule has 2 saturated carbocycles. The highest BCUT2D eigenvalue weighted by atomic mass is 35.5. The van der Waals surface area contributed by atoms with Crippen molar-refractivity contribution in [1.29, 1.82) is 0 Å². The third-order valence-electron chi connectivity index (χ3n) is 5.02. The first kappa shape index (κ1) is 20.6. The molecule has 6 atom stereocenters. The van der Waals surface area contributed by atoms with Crippen LogP contribution in [0.2, 0.25) is 10.0 Å². The number of aliphatic hydroxyl groups is 1. The summed E-state index contributed by atoms with van der Waals surface area (Å²) in [4.78, 5) is 23.7. The lowest BCUT2D eigenvalue weighted by Gasteiger charge is -2.32. The number of aliphatic hydroxyl groups excluding tert-OH is 1. The Hall–Kier alpha value is -0.700. The zero-order valence-electron chi connectivity index (χ0n) is 12.6. The number of fused-ring (bicyclic) bond motifs is 1. The maximum absolute atomic E-state index is 11.7. The largest absolute Gasteiger partial charge is 0.481 e. The Kier molecular flexibility index (Phi) is 5.88. The number of benzene rings is 1. The van der Waals surface area contributed by atoms with Crippen LogP contribution in [-0.2, 0) is 9.59 Å². The molecule has 0 aliphatic heterocycles. The van der Waals surface area contributed by atoms with Crippen LogP contribution in [0.3, 0.4) is 0 Å². The van der Waals surface area contributed by atoms with E-state index in [0.717, 1.165) is 4.90 Å². The van der Waals surface area contributed by atoms with E-state index in [2.05, 4.69) is 0 Å². The zero-order chi connectivity index (χ0) is 17.8. The molecule has 6 nitrogen and oxygen atoms in total. The van der Waals surface area contributed by atoms with Gasteiger partial charge in [0.1, 0.15) is 5.54 Å². The van der Waals surface area contributed by atoms with Gasteiger partial charge in [0.15, 0.2) is 0 Å². The van der Waals surface area contributed by atoms with Gasteiger partial charge in [0.25, 0.3) is 0 Å². The normalized spacial score (nSPS) is 35.6. The summed E-state index contributed by atoms with van der Waals surface area (Å²) in [6, 6.07) is 5.01. The van der Waals surface area contributed by atoms with E-state index >= 15 is 0 Å². The van der Waals surface area contributed by atoms with Gasteiger partial charge < -0.3 is 21.1 Å². The average molecular weight is 429 g/mol. The number of thioether (sulfide) groups is 1. The second-order valence-electron chi connectivity index (χ2n) is 6.19. The molecular weight excluding hydrogens is 413 g/mol. The Morgan fingerprint density at radius 3 is 2.40 bits per heavy atom. The van der Waals surface area contributed by atoms with Crippen molar-refractivity contribution in [3.8, 4) is 0 Å². The minimum absolute atomic E-state index is 0. The van der Waals surface area contributed by atoms with E-state index in [1.165, 1.54) is 11.8 Å². The van der Waals surface area contributed by atoms with Crippen molar-refractivity contribution < 1.29 is 24.9 Å². The Morgan fingerprint density at radius 1 is 1.24 bits per heavy atom. The molecule has 0 heterocycles. The van der Waals surface area contributed by atoms with Crippen LogP contribution >= 0.6 is 47.4 Å². The van der Waals surface area contributed by atoms with Gasteiger partial charge in [-0.1, -0.05) is 23.2 Å². The van der Waals surface area contributed by atoms with Crippen LogP contribution in [0.4, 0.5) is 0 Å². The van der Waals surface area contributed by atoms with E-state index in [9.17, 15) is 19.8 Å². The summed E-state index contributed by atoms with van der Waals surface area (Å²) < 4.78 is 0. The van der Waals surface area contributed by atoms with Crippen LogP contribution in [0.15, 0.2) is 23.1 Å².